The zero-order valence-electron chi connectivity index (χ0n) is 18.5. The highest BCUT2D eigenvalue weighted by Gasteiger charge is 2.27. The lowest BCUT2D eigenvalue weighted by Gasteiger charge is -2.21. The molecule has 2 N–H and O–H groups in total. The van der Waals surface area contributed by atoms with Gasteiger partial charge in [-0.25, -0.2) is 13.1 Å². The van der Waals surface area contributed by atoms with E-state index in [1.54, 1.807) is 6.07 Å². The van der Waals surface area contributed by atoms with Gasteiger partial charge in [0.1, 0.15) is 13.2 Å². The van der Waals surface area contributed by atoms with E-state index in [-0.39, 0.29) is 10.8 Å². The highest BCUT2D eigenvalue weighted by atomic mass is 32.2. The van der Waals surface area contributed by atoms with E-state index in [4.69, 9.17) is 9.47 Å². The van der Waals surface area contributed by atoms with Gasteiger partial charge in [0.25, 0.3) is 0 Å². The summed E-state index contributed by atoms with van der Waals surface area (Å²) >= 11 is 0. The van der Waals surface area contributed by atoms with Crippen LogP contribution in [0.15, 0.2) is 23.1 Å². The summed E-state index contributed by atoms with van der Waals surface area (Å²) in [5.41, 5.74) is 0. The second kappa shape index (κ2) is 11.7. The Hall–Kier alpha value is -1.80. The molecule has 1 aliphatic carbocycles. The van der Waals surface area contributed by atoms with Crippen molar-refractivity contribution in [1.82, 2.24) is 10.0 Å². The molecule has 174 valence electrons. The third kappa shape index (κ3) is 7.10. The van der Waals surface area contributed by atoms with E-state index in [0.29, 0.717) is 56.1 Å². The van der Waals surface area contributed by atoms with E-state index in [0.717, 1.165) is 19.3 Å². The number of amides is 1. The molecule has 0 aromatic heterocycles. The van der Waals surface area contributed by atoms with Crippen molar-refractivity contribution in [3.05, 3.63) is 18.2 Å². The highest BCUT2D eigenvalue weighted by Crippen LogP contribution is 2.32. The molecule has 1 fully saturated rings. The predicted molar refractivity (Wildman–Crippen MR) is 120 cm³/mol. The number of unbranched alkanes of at least 4 members (excludes halogenated alkanes) is 3. The largest absolute Gasteiger partial charge is 0.486 e. The number of rotatable bonds is 12. The summed E-state index contributed by atoms with van der Waals surface area (Å²) in [5, 5.41) is 3.23. The summed E-state index contributed by atoms with van der Waals surface area (Å²) in [5.74, 6) is 1.79. The van der Waals surface area contributed by atoms with Gasteiger partial charge in [0.15, 0.2) is 11.5 Å². The average Bonchev–Trinajstić information content (AvgIpc) is 3.21. The number of carbonyl (C=O) groups is 1. The summed E-state index contributed by atoms with van der Waals surface area (Å²) in [7, 11) is -3.59. The summed E-state index contributed by atoms with van der Waals surface area (Å²) in [6.45, 7) is 3.44. The van der Waals surface area contributed by atoms with Crippen molar-refractivity contribution in [3.8, 4) is 11.5 Å². The lowest BCUT2D eigenvalue weighted by Crippen LogP contribution is -2.37. The van der Waals surface area contributed by atoms with E-state index >= 15 is 0 Å². The first-order valence-corrected chi connectivity index (χ1v) is 13.2. The first-order chi connectivity index (χ1) is 15.0. The average molecular weight is 453 g/mol. The van der Waals surface area contributed by atoms with Crippen LogP contribution in [-0.2, 0) is 14.8 Å². The lowest BCUT2D eigenvalue weighted by molar-refractivity contribution is -0.122. The zero-order valence-corrected chi connectivity index (χ0v) is 19.3. The van der Waals surface area contributed by atoms with Gasteiger partial charge in [-0.2, -0.15) is 0 Å². The van der Waals surface area contributed by atoms with Gasteiger partial charge >= 0.3 is 0 Å². The smallest absolute Gasteiger partial charge is 0.240 e. The van der Waals surface area contributed by atoms with E-state index in [1.807, 2.05) is 0 Å². The summed E-state index contributed by atoms with van der Waals surface area (Å²) in [6.07, 6.45) is 9.97. The van der Waals surface area contributed by atoms with Gasteiger partial charge in [0.2, 0.25) is 15.9 Å². The van der Waals surface area contributed by atoms with Crippen LogP contribution in [0.2, 0.25) is 0 Å². The molecule has 1 aromatic carbocycles. The number of hydrogen-bond acceptors (Lipinski definition) is 5. The minimum Gasteiger partial charge on any atom is -0.486 e. The van der Waals surface area contributed by atoms with Crippen molar-refractivity contribution in [3.63, 3.8) is 0 Å². The van der Waals surface area contributed by atoms with Crippen molar-refractivity contribution >= 4 is 15.9 Å². The molecule has 31 heavy (non-hydrogen) atoms. The van der Waals surface area contributed by atoms with Crippen molar-refractivity contribution in [2.45, 2.75) is 82.1 Å². The fourth-order valence-electron chi connectivity index (χ4n) is 4.39. The van der Waals surface area contributed by atoms with E-state index in [1.165, 1.54) is 44.2 Å². The van der Waals surface area contributed by atoms with E-state index in [9.17, 15) is 13.2 Å². The Labute approximate surface area is 186 Å². The SMILES string of the molecule is CCCCC1CCCC1NC(=O)CCCCCNS(=O)(=O)c1ccc2c(c1)OCCO2. The molecule has 7 nitrogen and oxygen atoms in total. The third-order valence-corrected chi connectivity index (χ3v) is 7.59. The summed E-state index contributed by atoms with van der Waals surface area (Å²) in [4.78, 5) is 12.4. The fourth-order valence-corrected chi connectivity index (χ4v) is 5.47. The maximum Gasteiger partial charge on any atom is 0.240 e. The van der Waals surface area contributed by atoms with Crippen LogP contribution in [0.5, 0.6) is 11.5 Å². The van der Waals surface area contributed by atoms with Gasteiger partial charge in [-0.3, -0.25) is 4.79 Å². The molecule has 1 aliphatic heterocycles. The van der Waals surface area contributed by atoms with Gasteiger partial charge in [0.05, 0.1) is 4.90 Å². The molecule has 1 aromatic rings. The molecule has 2 aliphatic rings. The Balaban J connectivity index is 1.32. The molecular weight excluding hydrogens is 416 g/mol. The number of hydrogen-bond donors (Lipinski definition) is 2. The van der Waals surface area contributed by atoms with Crippen molar-refractivity contribution in [1.29, 1.82) is 0 Å². The molecule has 0 spiro atoms. The second-order valence-electron chi connectivity index (χ2n) is 8.52. The van der Waals surface area contributed by atoms with Crippen LogP contribution in [0.1, 0.15) is 71.1 Å². The topological polar surface area (TPSA) is 93.7 Å². The van der Waals surface area contributed by atoms with Gasteiger partial charge in [-0.15, -0.1) is 0 Å². The Kier molecular flexibility index (Phi) is 9.02. The minimum absolute atomic E-state index is 0.130. The number of benzene rings is 1. The monoisotopic (exact) mass is 452 g/mol. The molecule has 0 radical (unpaired) electrons. The van der Waals surface area contributed by atoms with Crippen molar-refractivity contribution in [2.75, 3.05) is 19.8 Å². The molecule has 8 heteroatoms. The van der Waals surface area contributed by atoms with Crippen molar-refractivity contribution < 1.29 is 22.7 Å². The standard InChI is InChI=1S/C23H36N2O5S/c1-2-3-8-18-9-7-10-20(18)25-23(26)11-5-4-6-14-24-31(27,28)19-12-13-21-22(17-19)30-16-15-29-21/h12-13,17-18,20,24H,2-11,14-16H2,1H3,(H,25,26). The van der Waals surface area contributed by atoms with Gasteiger partial charge < -0.3 is 14.8 Å². The Morgan fingerprint density at radius 2 is 1.87 bits per heavy atom. The number of carbonyl (C=O) groups excluding carboxylic acids is 1. The third-order valence-electron chi connectivity index (χ3n) is 6.13. The van der Waals surface area contributed by atoms with Crippen LogP contribution in [0.3, 0.4) is 0 Å². The van der Waals surface area contributed by atoms with Crippen LogP contribution >= 0.6 is 0 Å². The molecule has 1 saturated carbocycles. The molecule has 2 unspecified atom stereocenters. The highest BCUT2D eigenvalue weighted by molar-refractivity contribution is 7.89. The van der Waals surface area contributed by atoms with Crippen LogP contribution in [0.25, 0.3) is 0 Å². The molecule has 0 bridgehead atoms. The van der Waals surface area contributed by atoms with Crippen molar-refractivity contribution in [2.24, 2.45) is 5.92 Å². The van der Waals surface area contributed by atoms with Gasteiger partial charge in [-0.1, -0.05) is 32.6 Å². The predicted octanol–water partition coefficient (Wildman–Crippen LogP) is 3.77. The molecule has 3 rings (SSSR count). The zero-order chi connectivity index (χ0) is 22.1. The minimum atomic E-state index is -3.59. The van der Waals surface area contributed by atoms with Crippen LogP contribution in [-0.4, -0.2) is 40.1 Å². The number of ether oxygens (including phenoxy) is 2. The quantitative estimate of drug-likeness (QED) is 0.471. The Morgan fingerprint density at radius 1 is 1.06 bits per heavy atom. The Morgan fingerprint density at radius 3 is 2.68 bits per heavy atom. The first-order valence-electron chi connectivity index (χ1n) is 11.7. The lowest BCUT2D eigenvalue weighted by atomic mass is 9.96. The number of sulfonamides is 1. The molecule has 1 amide bonds. The first kappa shape index (κ1) is 23.9. The van der Waals surface area contributed by atoms with E-state index < -0.39 is 10.0 Å². The van der Waals surface area contributed by atoms with Crippen LogP contribution in [0, 0.1) is 5.92 Å². The molecule has 0 saturated heterocycles. The Bertz CT molecular complexity index is 827. The number of fused-ring (bicyclic) bond motifs is 1. The molecule has 1 heterocycles. The van der Waals surface area contributed by atoms with Crippen LogP contribution < -0.4 is 19.5 Å². The fraction of sp³-hybridized carbons (Fsp3) is 0.696. The summed E-state index contributed by atoms with van der Waals surface area (Å²) in [6, 6.07) is 4.99. The number of nitrogens with one attached hydrogen (secondary N) is 2. The van der Waals surface area contributed by atoms with Gasteiger partial charge in [0, 0.05) is 25.1 Å². The maximum absolute atomic E-state index is 12.5. The van der Waals surface area contributed by atoms with Crippen LogP contribution in [0.4, 0.5) is 0 Å². The normalized spacial score (nSPS) is 20.5. The maximum atomic E-state index is 12.5. The molecule has 2 atom stereocenters. The van der Waals surface area contributed by atoms with Gasteiger partial charge in [-0.05, 0) is 50.2 Å². The second-order valence-corrected chi connectivity index (χ2v) is 10.3. The molecular formula is C23H36N2O5S. The summed E-state index contributed by atoms with van der Waals surface area (Å²) < 4.78 is 38.5. The van der Waals surface area contributed by atoms with E-state index in [2.05, 4.69) is 17.0 Å².